The van der Waals surface area contributed by atoms with Crippen molar-refractivity contribution in [2.75, 3.05) is 5.32 Å². The number of nitrogens with zero attached hydrogens (tertiary/aromatic N) is 2. The standard InChI is InChI=1S/C10H14FN3O2/c1-5(2)8(10(15)16)14-9-7(11)6(3)12-4-13-9/h4-5,8H,1-3H3,(H,15,16)(H,12,13,14). The molecule has 2 N–H and O–H groups in total. The molecule has 0 aliphatic carbocycles. The lowest BCUT2D eigenvalue weighted by molar-refractivity contribution is -0.138. The van der Waals surface area contributed by atoms with E-state index in [1.54, 1.807) is 13.8 Å². The number of carboxylic acid groups (broad SMARTS) is 1. The van der Waals surface area contributed by atoms with Crippen molar-refractivity contribution in [3.05, 3.63) is 17.8 Å². The molecule has 1 rings (SSSR count). The van der Waals surface area contributed by atoms with Gasteiger partial charge in [0.15, 0.2) is 11.6 Å². The topological polar surface area (TPSA) is 75.1 Å². The first kappa shape index (κ1) is 12.4. The van der Waals surface area contributed by atoms with E-state index >= 15 is 0 Å². The summed E-state index contributed by atoms with van der Waals surface area (Å²) >= 11 is 0. The van der Waals surface area contributed by atoms with Gasteiger partial charge in [-0.1, -0.05) is 13.8 Å². The van der Waals surface area contributed by atoms with Crippen LogP contribution in [0.5, 0.6) is 0 Å². The lowest BCUT2D eigenvalue weighted by atomic mass is 10.1. The first-order valence-electron chi connectivity index (χ1n) is 4.90. The highest BCUT2D eigenvalue weighted by Crippen LogP contribution is 2.15. The summed E-state index contributed by atoms with van der Waals surface area (Å²) in [6.07, 6.45) is 1.19. The molecule has 1 atom stereocenters. The Morgan fingerprint density at radius 3 is 2.62 bits per heavy atom. The van der Waals surface area contributed by atoms with Gasteiger partial charge in [0.1, 0.15) is 12.4 Å². The van der Waals surface area contributed by atoms with Crippen LogP contribution >= 0.6 is 0 Å². The van der Waals surface area contributed by atoms with E-state index in [4.69, 9.17) is 5.11 Å². The average Bonchev–Trinajstić information content (AvgIpc) is 2.19. The summed E-state index contributed by atoms with van der Waals surface area (Å²) in [6, 6.07) is -0.871. The highest BCUT2D eigenvalue weighted by molar-refractivity contribution is 5.77. The van der Waals surface area contributed by atoms with E-state index in [-0.39, 0.29) is 17.4 Å². The van der Waals surface area contributed by atoms with Crippen LogP contribution in [0.4, 0.5) is 10.2 Å². The molecule has 0 aliphatic heterocycles. The summed E-state index contributed by atoms with van der Waals surface area (Å²) in [5.41, 5.74) is 0.186. The third-order valence-electron chi connectivity index (χ3n) is 2.19. The zero-order chi connectivity index (χ0) is 12.3. The Bertz CT molecular complexity index is 396. The predicted octanol–water partition coefficient (Wildman–Crippen LogP) is 1.45. The second kappa shape index (κ2) is 4.87. The Morgan fingerprint density at radius 1 is 1.50 bits per heavy atom. The average molecular weight is 227 g/mol. The van der Waals surface area contributed by atoms with Crippen LogP contribution in [0.25, 0.3) is 0 Å². The van der Waals surface area contributed by atoms with Gasteiger partial charge >= 0.3 is 5.97 Å². The number of carbonyl (C=O) groups is 1. The maximum absolute atomic E-state index is 13.5. The van der Waals surface area contributed by atoms with E-state index in [2.05, 4.69) is 15.3 Å². The summed E-state index contributed by atoms with van der Waals surface area (Å²) in [6.45, 7) is 4.96. The Labute approximate surface area is 92.7 Å². The van der Waals surface area contributed by atoms with Gasteiger partial charge in [-0.15, -0.1) is 0 Å². The maximum Gasteiger partial charge on any atom is 0.326 e. The molecule has 6 heteroatoms. The van der Waals surface area contributed by atoms with Gasteiger partial charge in [-0.25, -0.2) is 19.2 Å². The summed E-state index contributed by atoms with van der Waals surface area (Å²) in [5, 5.41) is 11.5. The molecular weight excluding hydrogens is 213 g/mol. The molecule has 1 unspecified atom stereocenters. The predicted molar refractivity (Wildman–Crippen MR) is 56.6 cm³/mol. The first-order valence-corrected chi connectivity index (χ1v) is 4.90. The van der Waals surface area contributed by atoms with Crippen molar-refractivity contribution in [1.29, 1.82) is 0 Å². The fourth-order valence-electron chi connectivity index (χ4n) is 1.22. The third kappa shape index (κ3) is 2.65. The number of aryl methyl sites for hydroxylation is 1. The number of hydrogen-bond donors (Lipinski definition) is 2. The lowest BCUT2D eigenvalue weighted by Gasteiger charge is -2.18. The van der Waals surface area contributed by atoms with Crippen LogP contribution in [0, 0.1) is 18.7 Å². The van der Waals surface area contributed by atoms with E-state index in [9.17, 15) is 9.18 Å². The molecule has 1 heterocycles. The molecule has 0 saturated carbocycles. The van der Waals surface area contributed by atoms with Crippen LogP contribution < -0.4 is 5.32 Å². The Hall–Kier alpha value is -1.72. The summed E-state index contributed by atoms with van der Waals surface area (Å²) < 4.78 is 13.5. The van der Waals surface area contributed by atoms with Crippen LogP contribution in [0.1, 0.15) is 19.5 Å². The molecule has 5 nitrogen and oxygen atoms in total. The molecule has 88 valence electrons. The van der Waals surface area contributed by atoms with Gasteiger partial charge in [0.05, 0.1) is 5.69 Å². The van der Waals surface area contributed by atoms with Gasteiger partial charge in [-0.2, -0.15) is 0 Å². The van der Waals surface area contributed by atoms with Gasteiger partial charge in [-0.05, 0) is 12.8 Å². The second-order valence-corrected chi connectivity index (χ2v) is 3.83. The molecule has 0 aromatic carbocycles. The molecule has 0 spiro atoms. The summed E-state index contributed by atoms with van der Waals surface area (Å²) in [4.78, 5) is 18.3. The van der Waals surface area contributed by atoms with E-state index in [0.717, 1.165) is 0 Å². The zero-order valence-electron chi connectivity index (χ0n) is 9.36. The Kier molecular flexibility index (Phi) is 3.76. The number of halogens is 1. The lowest BCUT2D eigenvalue weighted by Crippen LogP contribution is -2.35. The molecule has 0 bridgehead atoms. The van der Waals surface area contributed by atoms with E-state index in [1.807, 2.05) is 0 Å². The second-order valence-electron chi connectivity index (χ2n) is 3.83. The largest absolute Gasteiger partial charge is 0.480 e. The summed E-state index contributed by atoms with van der Waals surface area (Å²) in [5.74, 6) is -1.90. The molecule has 16 heavy (non-hydrogen) atoms. The SMILES string of the molecule is Cc1ncnc(NC(C(=O)O)C(C)C)c1F. The van der Waals surface area contributed by atoms with Crippen LogP contribution in [-0.4, -0.2) is 27.1 Å². The minimum Gasteiger partial charge on any atom is -0.480 e. The Balaban J connectivity index is 2.94. The van der Waals surface area contributed by atoms with E-state index in [1.165, 1.54) is 13.3 Å². The quantitative estimate of drug-likeness (QED) is 0.814. The third-order valence-corrected chi connectivity index (χ3v) is 2.19. The number of rotatable bonds is 4. The normalized spacial score (nSPS) is 12.6. The van der Waals surface area contributed by atoms with Crippen LogP contribution in [0.3, 0.4) is 0 Å². The monoisotopic (exact) mass is 227 g/mol. The van der Waals surface area contributed by atoms with Crippen molar-refractivity contribution in [2.24, 2.45) is 5.92 Å². The Morgan fingerprint density at radius 2 is 2.12 bits per heavy atom. The number of carboxylic acids is 1. The maximum atomic E-state index is 13.5. The van der Waals surface area contributed by atoms with Crippen molar-refractivity contribution >= 4 is 11.8 Å². The molecule has 0 radical (unpaired) electrons. The minimum atomic E-state index is -1.04. The highest BCUT2D eigenvalue weighted by Gasteiger charge is 2.23. The highest BCUT2D eigenvalue weighted by atomic mass is 19.1. The fourth-order valence-corrected chi connectivity index (χ4v) is 1.22. The number of nitrogens with one attached hydrogen (secondary N) is 1. The molecule has 1 aromatic rings. The molecule has 0 saturated heterocycles. The van der Waals surface area contributed by atoms with Gasteiger partial charge in [0, 0.05) is 0 Å². The number of aromatic nitrogens is 2. The van der Waals surface area contributed by atoms with Gasteiger partial charge in [-0.3, -0.25) is 0 Å². The molecule has 1 aromatic heterocycles. The van der Waals surface area contributed by atoms with Crippen molar-refractivity contribution in [2.45, 2.75) is 26.8 Å². The van der Waals surface area contributed by atoms with Crippen LogP contribution in [0.2, 0.25) is 0 Å². The molecule has 0 amide bonds. The van der Waals surface area contributed by atoms with Gasteiger partial charge < -0.3 is 10.4 Å². The molecular formula is C10H14FN3O2. The van der Waals surface area contributed by atoms with Crippen molar-refractivity contribution < 1.29 is 14.3 Å². The zero-order valence-corrected chi connectivity index (χ0v) is 9.36. The van der Waals surface area contributed by atoms with Gasteiger partial charge in [0.2, 0.25) is 0 Å². The van der Waals surface area contributed by atoms with Crippen molar-refractivity contribution in [1.82, 2.24) is 9.97 Å². The fraction of sp³-hybridized carbons (Fsp3) is 0.500. The summed E-state index contributed by atoms with van der Waals surface area (Å²) in [7, 11) is 0. The molecule has 0 aliphatic rings. The number of hydrogen-bond acceptors (Lipinski definition) is 4. The van der Waals surface area contributed by atoms with Crippen LogP contribution in [-0.2, 0) is 4.79 Å². The van der Waals surface area contributed by atoms with E-state index < -0.39 is 17.8 Å². The van der Waals surface area contributed by atoms with Gasteiger partial charge in [0.25, 0.3) is 0 Å². The molecule has 0 fully saturated rings. The van der Waals surface area contributed by atoms with E-state index in [0.29, 0.717) is 0 Å². The number of anilines is 1. The van der Waals surface area contributed by atoms with Crippen molar-refractivity contribution in [3.8, 4) is 0 Å². The smallest absolute Gasteiger partial charge is 0.326 e. The van der Waals surface area contributed by atoms with Crippen molar-refractivity contribution in [3.63, 3.8) is 0 Å². The van der Waals surface area contributed by atoms with Crippen LogP contribution in [0.15, 0.2) is 6.33 Å². The minimum absolute atomic E-state index is 0.0754. The number of aliphatic carboxylic acids is 1. The first-order chi connectivity index (χ1) is 7.43.